The molecular formula is C13H14BrNO5S. The van der Waals surface area contributed by atoms with Crippen molar-refractivity contribution >= 4 is 37.6 Å². The predicted molar refractivity (Wildman–Crippen MR) is 78.9 cm³/mol. The summed E-state index contributed by atoms with van der Waals surface area (Å²) in [6.07, 6.45) is 1.67. The standard InChI is InChI=1S/C13H14BrNO5S/c14-8-1-4-10(13(17)18)11(7-8)21(19,20)6-5-12(16)15-9-2-3-9/h1,4,7,9H,2-3,5-6H2,(H,15,16)(H,17,18). The number of hydrogen-bond acceptors (Lipinski definition) is 4. The van der Waals surface area contributed by atoms with Crippen LogP contribution < -0.4 is 5.32 Å². The predicted octanol–water partition coefficient (Wildman–Crippen LogP) is 1.59. The lowest BCUT2D eigenvalue weighted by atomic mass is 10.2. The van der Waals surface area contributed by atoms with Crippen LogP contribution in [0.15, 0.2) is 27.6 Å². The number of hydrogen-bond donors (Lipinski definition) is 2. The summed E-state index contributed by atoms with van der Waals surface area (Å²) in [6.45, 7) is 0. The van der Waals surface area contributed by atoms with Crippen LogP contribution in [0.25, 0.3) is 0 Å². The largest absolute Gasteiger partial charge is 0.478 e. The molecule has 6 nitrogen and oxygen atoms in total. The van der Waals surface area contributed by atoms with Crippen molar-refractivity contribution < 1.29 is 23.1 Å². The van der Waals surface area contributed by atoms with Crippen LogP contribution in [0.2, 0.25) is 0 Å². The molecular weight excluding hydrogens is 362 g/mol. The summed E-state index contributed by atoms with van der Waals surface area (Å²) in [5, 5.41) is 11.8. The van der Waals surface area contributed by atoms with Gasteiger partial charge in [-0.1, -0.05) is 15.9 Å². The Hall–Kier alpha value is -1.41. The fraction of sp³-hybridized carbons (Fsp3) is 0.385. The average molecular weight is 376 g/mol. The van der Waals surface area contributed by atoms with Crippen molar-refractivity contribution in [3.05, 3.63) is 28.2 Å². The van der Waals surface area contributed by atoms with Gasteiger partial charge in [0.1, 0.15) is 0 Å². The van der Waals surface area contributed by atoms with E-state index in [1.807, 2.05) is 0 Å². The van der Waals surface area contributed by atoms with Gasteiger partial charge in [-0.2, -0.15) is 0 Å². The van der Waals surface area contributed by atoms with E-state index in [0.717, 1.165) is 12.8 Å². The molecule has 1 fully saturated rings. The Balaban J connectivity index is 2.16. The molecule has 0 atom stereocenters. The van der Waals surface area contributed by atoms with E-state index >= 15 is 0 Å². The first-order chi connectivity index (χ1) is 9.79. The topological polar surface area (TPSA) is 101 Å². The molecule has 21 heavy (non-hydrogen) atoms. The van der Waals surface area contributed by atoms with Crippen LogP contribution in [-0.2, 0) is 14.6 Å². The van der Waals surface area contributed by atoms with Crippen molar-refractivity contribution in [3.63, 3.8) is 0 Å². The zero-order chi connectivity index (χ0) is 15.6. The van der Waals surface area contributed by atoms with Crippen LogP contribution in [0.5, 0.6) is 0 Å². The molecule has 1 amide bonds. The fourth-order valence-corrected chi connectivity index (χ4v) is 3.78. The summed E-state index contributed by atoms with van der Waals surface area (Å²) in [6, 6.07) is 4.10. The summed E-state index contributed by atoms with van der Waals surface area (Å²) < 4.78 is 25.0. The van der Waals surface area contributed by atoms with Crippen molar-refractivity contribution in [3.8, 4) is 0 Å². The molecule has 0 aromatic heterocycles. The Morgan fingerprint density at radius 1 is 1.33 bits per heavy atom. The van der Waals surface area contributed by atoms with Gasteiger partial charge in [-0.05, 0) is 31.0 Å². The highest BCUT2D eigenvalue weighted by atomic mass is 79.9. The van der Waals surface area contributed by atoms with E-state index in [9.17, 15) is 18.0 Å². The lowest BCUT2D eigenvalue weighted by Gasteiger charge is -2.08. The number of carbonyl (C=O) groups excluding carboxylic acids is 1. The molecule has 2 N–H and O–H groups in total. The maximum absolute atomic E-state index is 12.3. The number of aromatic carboxylic acids is 1. The minimum atomic E-state index is -3.84. The molecule has 8 heteroatoms. The number of benzene rings is 1. The molecule has 1 aliphatic rings. The van der Waals surface area contributed by atoms with Gasteiger partial charge in [0.25, 0.3) is 0 Å². The second-order valence-electron chi connectivity index (χ2n) is 4.86. The fourth-order valence-electron chi connectivity index (χ4n) is 1.79. The van der Waals surface area contributed by atoms with E-state index in [1.54, 1.807) is 0 Å². The minimum Gasteiger partial charge on any atom is -0.478 e. The smallest absolute Gasteiger partial charge is 0.337 e. The molecule has 0 spiro atoms. The normalized spacial score (nSPS) is 14.7. The van der Waals surface area contributed by atoms with E-state index < -0.39 is 21.6 Å². The van der Waals surface area contributed by atoms with Crippen LogP contribution in [0, 0.1) is 0 Å². The average Bonchev–Trinajstić information content (AvgIpc) is 3.20. The molecule has 1 aliphatic carbocycles. The number of carboxylic acids is 1. The van der Waals surface area contributed by atoms with Gasteiger partial charge in [-0.25, -0.2) is 13.2 Å². The summed E-state index contributed by atoms with van der Waals surface area (Å²) in [5.74, 6) is -2.06. The second kappa shape index (κ2) is 6.15. The molecule has 2 rings (SSSR count). The minimum absolute atomic E-state index is 0.167. The second-order valence-corrected chi connectivity index (χ2v) is 7.85. The number of nitrogens with one attached hydrogen (secondary N) is 1. The van der Waals surface area contributed by atoms with E-state index in [0.29, 0.717) is 4.47 Å². The SMILES string of the molecule is O=C(CCS(=O)(=O)c1cc(Br)ccc1C(=O)O)NC1CC1. The number of carboxylic acid groups (broad SMARTS) is 1. The Labute approximate surface area is 130 Å². The molecule has 0 saturated heterocycles. The Morgan fingerprint density at radius 2 is 2.00 bits per heavy atom. The number of sulfone groups is 1. The van der Waals surface area contributed by atoms with Crippen molar-refractivity contribution in [2.24, 2.45) is 0 Å². The molecule has 0 radical (unpaired) electrons. The van der Waals surface area contributed by atoms with Gasteiger partial charge in [0, 0.05) is 16.9 Å². The van der Waals surface area contributed by atoms with Crippen LogP contribution in [0.1, 0.15) is 29.6 Å². The zero-order valence-electron chi connectivity index (χ0n) is 11.0. The molecule has 1 saturated carbocycles. The number of rotatable bonds is 6. The quantitative estimate of drug-likeness (QED) is 0.785. The highest BCUT2D eigenvalue weighted by Gasteiger charge is 2.26. The number of halogens is 1. The molecule has 0 bridgehead atoms. The van der Waals surface area contributed by atoms with Gasteiger partial charge in [0.05, 0.1) is 16.2 Å². The highest BCUT2D eigenvalue weighted by molar-refractivity contribution is 9.10. The summed E-state index contributed by atoms with van der Waals surface area (Å²) in [7, 11) is -3.84. The first kappa shape index (κ1) is 16.0. The van der Waals surface area contributed by atoms with E-state index in [-0.39, 0.29) is 28.8 Å². The van der Waals surface area contributed by atoms with Crippen LogP contribution in [0.4, 0.5) is 0 Å². The number of amides is 1. The zero-order valence-corrected chi connectivity index (χ0v) is 13.4. The lowest BCUT2D eigenvalue weighted by molar-refractivity contribution is -0.120. The van der Waals surface area contributed by atoms with Crippen molar-refractivity contribution in [2.75, 3.05) is 5.75 Å². The van der Waals surface area contributed by atoms with Crippen LogP contribution >= 0.6 is 15.9 Å². The van der Waals surface area contributed by atoms with Gasteiger partial charge in [-0.15, -0.1) is 0 Å². The lowest BCUT2D eigenvalue weighted by Crippen LogP contribution is -2.27. The molecule has 114 valence electrons. The van der Waals surface area contributed by atoms with E-state index in [1.165, 1.54) is 18.2 Å². The van der Waals surface area contributed by atoms with Crippen LogP contribution in [-0.4, -0.2) is 37.2 Å². The third kappa shape index (κ3) is 4.28. The molecule has 0 heterocycles. The van der Waals surface area contributed by atoms with Crippen molar-refractivity contribution in [1.82, 2.24) is 5.32 Å². The van der Waals surface area contributed by atoms with E-state index in [2.05, 4.69) is 21.2 Å². The summed E-state index contributed by atoms with van der Waals surface area (Å²) >= 11 is 3.12. The third-order valence-corrected chi connectivity index (χ3v) is 5.29. The Bertz CT molecular complexity index is 682. The molecule has 0 aliphatic heterocycles. The Kier molecular flexibility index (Phi) is 4.67. The molecule has 0 unspecified atom stereocenters. The van der Waals surface area contributed by atoms with Gasteiger partial charge in [0.15, 0.2) is 9.84 Å². The number of carbonyl (C=O) groups is 2. The summed E-state index contributed by atoms with van der Waals surface area (Å²) in [5.41, 5.74) is -0.291. The molecule has 1 aromatic carbocycles. The highest BCUT2D eigenvalue weighted by Crippen LogP contribution is 2.23. The first-order valence-electron chi connectivity index (χ1n) is 6.34. The van der Waals surface area contributed by atoms with Gasteiger partial charge >= 0.3 is 5.97 Å². The Morgan fingerprint density at radius 3 is 2.57 bits per heavy atom. The monoisotopic (exact) mass is 375 g/mol. The van der Waals surface area contributed by atoms with Crippen molar-refractivity contribution in [1.29, 1.82) is 0 Å². The van der Waals surface area contributed by atoms with E-state index in [4.69, 9.17) is 5.11 Å². The maximum atomic E-state index is 12.3. The third-order valence-electron chi connectivity index (χ3n) is 3.05. The van der Waals surface area contributed by atoms with Crippen molar-refractivity contribution in [2.45, 2.75) is 30.2 Å². The first-order valence-corrected chi connectivity index (χ1v) is 8.79. The van der Waals surface area contributed by atoms with Crippen LogP contribution in [0.3, 0.4) is 0 Å². The molecule has 1 aromatic rings. The van der Waals surface area contributed by atoms with Gasteiger partial charge < -0.3 is 10.4 Å². The van der Waals surface area contributed by atoms with Gasteiger partial charge in [0.2, 0.25) is 5.91 Å². The van der Waals surface area contributed by atoms with Gasteiger partial charge in [-0.3, -0.25) is 4.79 Å². The summed E-state index contributed by atoms with van der Waals surface area (Å²) in [4.78, 5) is 22.4. The maximum Gasteiger partial charge on any atom is 0.337 e.